The summed E-state index contributed by atoms with van der Waals surface area (Å²) >= 11 is 1.71. The van der Waals surface area contributed by atoms with Crippen molar-refractivity contribution < 1.29 is 9.90 Å². The van der Waals surface area contributed by atoms with Gasteiger partial charge in [-0.05, 0) is 37.8 Å². The van der Waals surface area contributed by atoms with Crippen LogP contribution in [0, 0.1) is 12.3 Å². The molecular weight excluding hydrogens is 272 g/mol. The van der Waals surface area contributed by atoms with Crippen molar-refractivity contribution in [3.05, 3.63) is 21.9 Å². The minimum absolute atomic E-state index is 0.0743. The number of nitrogens with one attached hydrogen (secondary N) is 1. The van der Waals surface area contributed by atoms with E-state index in [2.05, 4.69) is 24.4 Å². The van der Waals surface area contributed by atoms with Crippen molar-refractivity contribution in [2.45, 2.75) is 46.8 Å². The Labute approximate surface area is 125 Å². The first kappa shape index (κ1) is 17.0. The molecule has 5 heteroatoms. The van der Waals surface area contributed by atoms with Gasteiger partial charge in [0, 0.05) is 23.3 Å². The fourth-order valence-corrected chi connectivity index (χ4v) is 3.14. The van der Waals surface area contributed by atoms with Crippen molar-refractivity contribution in [3.63, 3.8) is 0 Å². The number of urea groups is 1. The molecule has 1 rings (SSSR count). The van der Waals surface area contributed by atoms with E-state index in [4.69, 9.17) is 0 Å². The predicted molar refractivity (Wildman–Crippen MR) is 84.0 cm³/mol. The van der Waals surface area contributed by atoms with Crippen molar-refractivity contribution in [2.75, 3.05) is 13.6 Å². The number of nitrogens with zero attached hydrogens (tertiary/aromatic N) is 1. The Morgan fingerprint density at radius 3 is 2.65 bits per heavy atom. The molecule has 0 spiro atoms. The lowest BCUT2D eigenvalue weighted by molar-refractivity contribution is 0.127. The Hall–Kier alpha value is -1.07. The Balaban J connectivity index is 2.42. The highest BCUT2D eigenvalue weighted by atomic mass is 32.1. The van der Waals surface area contributed by atoms with E-state index >= 15 is 0 Å². The zero-order chi connectivity index (χ0) is 15.3. The first-order valence-electron chi connectivity index (χ1n) is 6.92. The van der Waals surface area contributed by atoms with E-state index in [1.807, 2.05) is 13.8 Å². The van der Waals surface area contributed by atoms with Crippen LogP contribution >= 0.6 is 11.3 Å². The van der Waals surface area contributed by atoms with Gasteiger partial charge in [-0.2, -0.15) is 0 Å². The normalized spacial score (nSPS) is 13.1. The van der Waals surface area contributed by atoms with Crippen LogP contribution in [-0.2, 0) is 6.54 Å². The maximum absolute atomic E-state index is 12.0. The molecule has 0 aliphatic carbocycles. The maximum Gasteiger partial charge on any atom is 0.317 e. The molecule has 0 radical (unpaired) electrons. The second-order valence-corrected chi connectivity index (χ2v) is 7.62. The predicted octanol–water partition coefficient (Wildman–Crippen LogP) is 3.00. The quantitative estimate of drug-likeness (QED) is 0.848. The fourth-order valence-electron chi connectivity index (χ4n) is 2.20. The molecule has 0 saturated heterocycles. The Morgan fingerprint density at radius 1 is 1.50 bits per heavy atom. The van der Waals surface area contributed by atoms with Gasteiger partial charge in [0.25, 0.3) is 0 Å². The number of carbonyl (C=O) groups excluding carboxylic acids is 1. The largest absolute Gasteiger partial charge is 0.393 e. The molecule has 114 valence electrons. The van der Waals surface area contributed by atoms with Crippen LogP contribution in [0.15, 0.2) is 12.1 Å². The van der Waals surface area contributed by atoms with E-state index in [1.54, 1.807) is 30.2 Å². The molecule has 2 amide bonds. The zero-order valence-electron chi connectivity index (χ0n) is 13.1. The average Bonchev–Trinajstić information content (AvgIpc) is 2.70. The fraction of sp³-hybridized carbons (Fsp3) is 0.667. The summed E-state index contributed by atoms with van der Waals surface area (Å²) in [5, 5.41) is 12.4. The van der Waals surface area contributed by atoms with E-state index in [0.717, 1.165) is 0 Å². The molecule has 0 bridgehead atoms. The number of aliphatic hydroxyl groups is 1. The van der Waals surface area contributed by atoms with E-state index < -0.39 is 0 Å². The number of amides is 2. The number of thiophene rings is 1. The standard InChI is InChI=1S/C15H26N2O2S/c1-11(18)8-15(3,4)10-16-14(19)17(5)9-13-7-6-12(2)20-13/h6-7,11,18H,8-10H2,1-5H3,(H,16,19). The zero-order valence-corrected chi connectivity index (χ0v) is 13.9. The molecule has 1 aromatic heterocycles. The van der Waals surface area contributed by atoms with E-state index in [1.165, 1.54) is 9.75 Å². The van der Waals surface area contributed by atoms with Crippen LogP contribution in [0.3, 0.4) is 0 Å². The molecular formula is C15H26N2O2S. The molecule has 0 aliphatic rings. The van der Waals surface area contributed by atoms with Crippen molar-refractivity contribution in [3.8, 4) is 0 Å². The molecule has 0 saturated carbocycles. The molecule has 20 heavy (non-hydrogen) atoms. The lowest BCUT2D eigenvalue weighted by Crippen LogP contribution is -2.42. The first-order valence-corrected chi connectivity index (χ1v) is 7.73. The summed E-state index contributed by atoms with van der Waals surface area (Å²) in [6.45, 7) is 9.11. The third-order valence-electron chi connectivity index (χ3n) is 3.10. The van der Waals surface area contributed by atoms with Crippen LogP contribution in [0.1, 0.15) is 36.9 Å². The van der Waals surface area contributed by atoms with Gasteiger partial charge in [-0.15, -0.1) is 11.3 Å². The maximum atomic E-state index is 12.0. The third-order valence-corrected chi connectivity index (χ3v) is 4.09. The lowest BCUT2D eigenvalue weighted by Gasteiger charge is -2.27. The van der Waals surface area contributed by atoms with Gasteiger partial charge in [0.05, 0.1) is 12.6 Å². The highest BCUT2D eigenvalue weighted by Gasteiger charge is 2.22. The second-order valence-electron chi connectivity index (χ2n) is 6.24. The van der Waals surface area contributed by atoms with Crippen molar-refractivity contribution >= 4 is 17.4 Å². The van der Waals surface area contributed by atoms with E-state index in [0.29, 0.717) is 19.5 Å². The SMILES string of the molecule is Cc1ccc(CN(C)C(=O)NCC(C)(C)CC(C)O)s1. The average molecular weight is 298 g/mol. The van der Waals surface area contributed by atoms with Gasteiger partial charge < -0.3 is 15.3 Å². The van der Waals surface area contributed by atoms with Gasteiger partial charge in [0.1, 0.15) is 0 Å². The Morgan fingerprint density at radius 2 is 2.15 bits per heavy atom. The van der Waals surface area contributed by atoms with Crippen LogP contribution in [-0.4, -0.2) is 35.7 Å². The van der Waals surface area contributed by atoms with Crippen molar-refractivity contribution in [1.82, 2.24) is 10.2 Å². The molecule has 0 aromatic carbocycles. The molecule has 1 atom stereocenters. The number of aliphatic hydroxyl groups excluding tert-OH is 1. The number of aryl methyl sites for hydroxylation is 1. The van der Waals surface area contributed by atoms with E-state index in [-0.39, 0.29) is 17.6 Å². The van der Waals surface area contributed by atoms with Crippen molar-refractivity contribution in [1.29, 1.82) is 0 Å². The molecule has 0 fully saturated rings. The van der Waals surface area contributed by atoms with Gasteiger partial charge in [-0.3, -0.25) is 0 Å². The number of hydrogen-bond acceptors (Lipinski definition) is 3. The number of rotatable bonds is 6. The summed E-state index contributed by atoms with van der Waals surface area (Å²) in [7, 11) is 1.80. The first-order chi connectivity index (χ1) is 9.19. The van der Waals surface area contributed by atoms with Gasteiger partial charge >= 0.3 is 6.03 Å². The molecule has 0 aliphatic heterocycles. The van der Waals surface area contributed by atoms with Crippen molar-refractivity contribution in [2.24, 2.45) is 5.41 Å². The second kappa shape index (κ2) is 7.09. The van der Waals surface area contributed by atoms with Crippen LogP contribution in [0.4, 0.5) is 4.79 Å². The topological polar surface area (TPSA) is 52.6 Å². The van der Waals surface area contributed by atoms with Gasteiger partial charge in [-0.25, -0.2) is 4.79 Å². The summed E-state index contributed by atoms with van der Waals surface area (Å²) in [6.07, 6.45) is 0.315. The lowest BCUT2D eigenvalue weighted by atomic mass is 9.87. The Kier molecular flexibility index (Phi) is 6.02. The highest BCUT2D eigenvalue weighted by Crippen LogP contribution is 2.21. The van der Waals surface area contributed by atoms with Crippen LogP contribution in [0.5, 0.6) is 0 Å². The summed E-state index contributed by atoms with van der Waals surface area (Å²) in [5.74, 6) is 0. The van der Waals surface area contributed by atoms with Gasteiger partial charge in [0.15, 0.2) is 0 Å². The van der Waals surface area contributed by atoms with Gasteiger partial charge in [-0.1, -0.05) is 13.8 Å². The highest BCUT2D eigenvalue weighted by molar-refractivity contribution is 7.11. The number of hydrogen-bond donors (Lipinski definition) is 2. The summed E-state index contributed by atoms with van der Waals surface area (Å²) in [4.78, 5) is 16.2. The number of carbonyl (C=O) groups is 1. The smallest absolute Gasteiger partial charge is 0.317 e. The molecule has 1 unspecified atom stereocenters. The summed E-state index contributed by atoms with van der Waals surface area (Å²) < 4.78 is 0. The molecule has 1 aromatic rings. The van der Waals surface area contributed by atoms with Gasteiger partial charge in [0.2, 0.25) is 0 Å². The minimum Gasteiger partial charge on any atom is -0.393 e. The molecule has 2 N–H and O–H groups in total. The summed E-state index contributed by atoms with van der Waals surface area (Å²) in [6, 6.07) is 4.05. The van der Waals surface area contributed by atoms with Crippen LogP contribution in [0.2, 0.25) is 0 Å². The third kappa shape index (κ3) is 5.92. The van der Waals surface area contributed by atoms with E-state index in [9.17, 15) is 9.90 Å². The molecule has 4 nitrogen and oxygen atoms in total. The monoisotopic (exact) mass is 298 g/mol. The van der Waals surface area contributed by atoms with Crippen LogP contribution in [0.25, 0.3) is 0 Å². The van der Waals surface area contributed by atoms with Crippen LogP contribution < -0.4 is 5.32 Å². The summed E-state index contributed by atoms with van der Waals surface area (Å²) in [5.41, 5.74) is -0.107. The molecule has 1 heterocycles. The minimum atomic E-state index is -0.353. The Bertz CT molecular complexity index is 441.